The minimum atomic E-state index is -1.53. The molecule has 0 aromatic heterocycles. The van der Waals surface area contributed by atoms with Gasteiger partial charge in [-0.05, 0) is 23.8 Å². The molecule has 2 rings (SSSR count). The SMILES string of the molecule is COc1cc(/C=C/C(=O)O)cc(OC)c1O[C@@H]1O[C@H](COC(C)=O)[C@H](OC(C)=O)[C@H](OC(C)=O)[C@H]1OC(C)=O. The van der Waals surface area contributed by atoms with E-state index in [1.807, 2.05) is 0 Å². The number of carboxylic acids is 1. The lowest BCUT2D eigenvalue weighted by Crippen LogP contribution is -2.63. The van der Waals surface area contributed by atoms with Crippen LogP contribution in [0.15, 0.2) is 18.2 Å². The van der Waals surface area contributed by atoms with E-state index < -0.39 is 67.2 Å². The summed E-state index contributed by atoms with van der Waals surface area (Å²) in [7, 11) is 2.64. The number of esters is 4. The van der Waals surface area contributed by atoms with E-state index in [-0.39, 0.29) is 17.2 Å². The molecule has 14 nitrogen and oxygen atoms in total. The third-order valence-electron chi connectivity index (χ3n) is 5.08. The van der Waals surface area contributed by atoms with E-state index in [0.717, 1.165) is 33.8 Å². The van der Waals surface area contributed by atoms with Crippen molar-refractivity contribution in [3.05, 3.63) is 23.8 Å². The predicted molar refractivity (Wildman–Crippen MR) is 129 cm³/mol. The van der Waals surface area contributed by atoms with Gasteiger partial charge in [0.25, 0.3) is 0 Å². The van der Waals surface area contributed by atoms with Crippen LogP contribution in [0.3, 0.4) is 0 Å². The summed E-state index contributed by atoms with van der Waals surface area (Å²) in [6.07, 6.45) is -4.83. The third-order valence-corrected chi connectivity index (χ3v) is 5.08. The second-order valence-corrected chi connectivity index (χ2v) is 8.11. The van der Waals surface area contributed by atoms with Gasteiger partial charge in [0.1, 0.15) is 12.7 Å². The van der Waals surface area contributed by atoms with Crippen LogP contribution in [0.4, 0.5) is 0 Å². The number of aliphatic carboxylic acids is 1. The quantitative estimate of drug-likeness (QED) is 0.235. The molecule has 1 heterocycles. The standard InChI is InChI=1S/C25H30O14/c1-12(26)34-11-19-22(35-13(2)27)23(36-14(3)28)24(37-15(4)29)25(38-19)39-21-17(32-5)9-16(7-8-20(30)31)10-18(21)33-6/h7-10,19,22-25H,11H2,1-6H3,(H,30,31)/b8-7+/t19-,22+,23+,24-,25+/m1/s1. The molecule has 1 aromatic carbocycles. The first-order chi connectivity index (χ1) is 18.4. The number of hydrogen-bond donors (Lipinski definition) is 1. The largest absolute Gasteiger partial charge is 0.493 e. The minimum Gasteiger partial charge on any atom is -0.493 e. The Morgan fingerprint density at radius 1 is 0.821 bits per heavy atom. The van der Waals surface area contributed by atoms with Gasteiger partial charge < -0.3 is 43.0 Å². The van der Waals surface area contributed by atoms with Gasteiger partial charge in [0, 0.05) is 33.8 Å². The second-order valence-electron chi connectivity index (χ2n) is 8.11. The van der Waals surface area contributed by atoms with Crippen molar-refractivity contribution in [2.75, 3.05) is 20.8 Å². The molecular formula is C25H30O14. The van der Waals surface area contributed by atoms with Crippen molar-refractivity contribution in [3.63, 3.8) is 0 Å². The fourth-order valence-corrected chi connectivity index (χ4v) is 3.68. The smallest absolute Gasteiger partial charge is 0.328 e. The Labute approximate surface area is 223 Å². The van der Waals surface area contributed by atoms with Crippen molar-refractivity contribution >= 4 is 35.9 Å². The van der Waals surface area contributed by atoms with Crippen LogP contribution in [0.2, 0.25) is 0 Å². The van der Waals surface area contributed by atoms with Crippen molar-refractivity contribution in [2.24, 2.45) is 0 Å². The Morgan fingerprint density at radius 3 is 1.79 bits per heavy atom. The maximum absolute atomic E-state index is 12.0. The van der Waals surface area contributed by atoms with Gasteiger partial charge in [-0.3, -0.25) is 19.2 Å². The zero-order valence-corrected chi connectivity index (χ0v) is 22.2. The number of ether oxygens (including phenoxy) is 8. The zero-order chi connectivity index (χ0) is 29.3. The number of hydrogen-bond acceptors (Lipinski definition) is 13. The number of rotatable bonds is 11. The summed E-state index contributed by atoms with van der Waals surface area (Å²) in [6.45, 7) is 4.01. The monoisotopic (exact) mass is 554 g/mol. The summed E-state index contributed by atoms with van der Waals surface area (Å²) in [6, 6.07) is 2.89. The van der Waals surface area contributed by atoms with Crippen LogP contribution in [0.1, 0.15) is 33.3 Å². The Hall–Kier alpha value is -4.33. The molecular weight excluding hydrogens is 524 g/mol. The van der Waals surface area contributed by atoms with E-state index in [4.69, 9.17) is 43.0 Å². The van der Waals surface area contributed by atoms with Gasteiger partial charge in [-0.1, -0.05) is 0 Å². The molecule has 0 bridgehead atoms. The maximum Gasteiger partial charge on any atom is 0.328 e. The van der Waals surface area contributed by atoms with Gasteiger partial charge in [0.05, 0.1) is 14.2 Å². The first kappa shape index (κ1) is 30.9. The van der Waals surface area contributed by atoms with Crippen LogP contribution in [-0.2, 0) is 47.7 Å². The molecule has 1 aliphatic rings. The highest BCUT2D eigenvalue weighted by Crippen LogP contribution is 2.41. The maximum atomic E-state index is 12.0. The summed E-state index contributed by atoms with van der Waals surface area (Å²) < 4.78 is 43.9. The van der Waals surface area contributed by atoms with E-state index in [1.54, 1.807) is 0 Å². The second kappa shape index (κ2) is 14.0. The molecule has 1 saturated heterocycles. The molecule has 0 radical (unpaired) electrons. The van der Waals surface area contributed by atoms with Crippen molar-refractivity contribution in [1.29, 1.82) is 0 Å². The number of carboxylic acid groups (broad SMARTS) is 1. The fraction of sp³-hybridized carbons (Fsp3) is 0.480. The number of carbonyl (C=O) groups is 5. The van der Waals surface area contributed by atoms with Crippen LogP contribution in [0.25, 0.3) is 6.08 Å². The highest BCUT2D eigenvalue weighted by molar-refractivity contribution is 5.85. The summed E-state index contributed by atoms with van der Waals surface area (Å²) in [5, 5.41) is 8.94. The average Bonchev–Trinajstić information content (AvgIpc) is 2.84. The summed E-state index contributed by atoms with van der Waals surface area (Å²) in [4.78, 5) is 58.3. The number of methoxy groups -OCH3 is 2. The lowest BCUT2D eigenvalue weighted by molar-refractivity contribution is -0.288. The predicted octanol–water partition coefficient (Wildman–Crippen LogP) is 1.26. The van der Waals surface area contributed by atoms with E-state index >= 15 is 0 Å². The summed E-state index contributed by atoms with van der Waals surface area (Å²) in [5.41, 5.74) is 0.389. The highest BCUT2D eigenvalue weighted by atomic mass is 16.7. The Balaban J connectivity index is 2.62. The van der Waals surface area contributed by atoms with Crippen LogP contribution in [0.5, 0.6) is 17.2 Å². The van der Waals surface area contributed by atoms with E-state index in [9.17, 15) is 24.0 Å². The Bertz CT molecular complexity index is 1080. The van der Waals surface area contributed by atoms with Gasteiger partial charge in [-0.25, -0.2) is 4.79 Å². The summed E-state index contributed by atoms with van der Waals surface area (Å²) >= 11 is 0. The van der Waals surface area contributed by atoms with Gasteiger partial charge in [-0.2, -0.15) is 0 Å². The Morgan fingerprint density at radius 2 is 1.33 bits per heavy atom. The number of carbonyl (C=O) groups excluding carboxylic acids is 4. The van der Waals surface area contributed by atoms with E-state index in [2.05, 4.69) is 0 Å². The molecule has 0 spiro atoms. The molecule has 39 heavy (non-hydrogen) atoms. The lowest BCUT2D eigenvalue weighted by atomic mass is 9.98. The van der Waals surface area contributed by atoms with Gasteiger partial charge in [0.2, 0.25) is 18.1 Å². The topological polar surface area (TPSA) is 179 Å². The molecule has 0 saturated carbocycles. The lowest BCUT2D eigenvalue weighted by Gasteiger charge is -2.44. The van der Waals surface area contributed by atoms with Crippen LogP contribution in [-0.4, -0.2) is 86.5 Å². The van der Waals surface area contributed by atoms with Crippen LogP contribution < -0.4 is 14.2 Å². The molecule has 1 aromatic rings. The van der Waals surface area contributed by atoms with Crippen molar-refractivity contribution in [1.82, 2.24) is 0 Å². The Kier molecular flexibility index (Phi) is 11.1. The minimum absolute atomic E-state index is 0.0478. The first-order valence-electron chi connectivity index (χ1n) is 11.5. The van der Waals surface area contributed by atoms with Gasteiger partial charge >= 0.3 is 29.8 Å². The molecule has 1 N–H and O–H groups in total. The highest BCUT2D eigenvalue weighted by Gasteiger charge is 2.53. The average molecular weight is 555 g/mol. The third kappa shape index (κ3) is 8.88. The molecule has 214 valence electrons. The van der Waals surface area contributed by atoms with Crippen LogP contribution >= 0.6 is 0 Å². The van der Waals surface area contributed by atoms with Gasteiger partial charge in [0.15, 0.2) is 23.7 Å². The van der Waals surface area contributed by atoms with E-state index in [1.165, 1.54) is 32.4 Å². The molecule has 5 atom stereocenters. The number of benzene rings is 1. The molecule has 0 amide bonds. The van der Waals surface area contributed by atoms with Crippen molar-refractivity contribution in [3.8, 4) is 17.2 Å². The van der Waals surface area contributed by atoms with Crippen molar-refractivity contribution in [2.45, 2.75) is 58.4 Å². The normalized spacial score (nSPS) is 22.4. The van der Waals surface area contributed by atoms with E-state index in [0.29, 0.717) is 5.56 Å². The molecule has 14 heteroatoms. The molecule has 1 fully saturated rings. The molecule has 0 unspecified atom stereocenters. The summed E-state index contributed by atoms with van der Waals surface area (Å²) in [5.74, 6) is -4.12. The molecule has 0 aliphatic carbocycles. The van der Waals surface area contributed by atoms with Crippen LogP contribution in [0, 0.1) is 0 Å². The zero-order valence-electron chi connectivity index (χ0n) is 22.2. The fourth-order valence-electron chi connectivity index (χ4n) is 3.68. The van der Waals surface area contributed by atoms with Crippen molar-refractivity contribution < 1.29 is 67.0 Å². The van der Waals surface area contributed by atoms with Gasteiger partial charge in [-0.15, -0.1) is 0 Å². The molecule has 1 aliphatic heterocycles. The first-order valence-corrected chi connectivity index (χ1v) is 11.5.